The number of rotatable bonds is 5. The number of carbonyl (C=O) groups excluding carboxylic acids is 2. The number of halogens is 1. The number of hydrogen-bond donors (Lipinski definition) is 1. The molecular weight excluding hydrogens is 576 g/mol. The lowest BCUT2D eigenvalue weighted by Gasteiger charge is -2.43. The third-order valence-corrected chi connectivity index (χ3v) is 12.1. The van der Waals surface area contributed by atoms with Gasteiger partial charge in [-0.3, -0.25) is 19.3 Å². The molecule has 3 fully saturated rings. The standard InChI is InChI=1S/C32H25ClN2O4S2/c33-17-8-6-7-16(13-17)15-39-22-12-5-4-11-19(22)23-24-20-14-21(27(24)40-29-28(23)41-32(38)34-29)26-25(20)30(36)35(31(26)37)18-9-2-1-3-10-18/h1-13,20-21,23-27H,14-15H2,(H,34,38)/t20-,21-,23+,24+,25+,26+,27-/m1/s1. The van der Waals surface area contributed by atoms with Gasteiger partial charge in [-0.25, -0.2) is 0 Å². The van der Waals surface area contributed by atoms with Gasteiger partial charge in [0.2, 0.25) is 11.8 Å². The van der Waals surface area contributed by atoms with Gasteiger partial charge in [-0.05, 0) is 60.1 Å². The molecule has 2 aliphatic heterocycles. The normalized spacial score (nSPS) is 29.4. The van der Waals surface area contributed by atoms with Gasteiger partial charge >= 0.3 is 4.87 Å². The Labute approximate surface area is 249 Å². The molecule has 2 amide bonds. The summed E-state index contributed by atoms with van der Waals surface area (Å²) in [4.78, 5) is 45.8. The van der Waals surface area contributed by atoms with Gasteiger partial charge < -0.3 is 9.72 Å². The molecule has 2 aliphatic carbocycles. The van der Waals surface area contributed by atoms with E-state index in [0.717, 1.165) is 33.2 Å². The van der Waals surface area contributed by atoms with Crippen LogP contribution in [0.1, 0.15) is 28.3 Å². The highest BCUT2D eigenvalue weighted by atomic mass is 35.5. The minimum absolute atomic E-state index is 0.0454. The number of aromatic amines is 1. The van der Waals surface area contributed by atoms with Gasteiger partial charge in [0.25, 0.3) is 0 Å². The Morgan fingerprint density at radius 3 is 2.46 bits per heavy atom. The van der Waals surface area contributed by atoms with E-state index in [2.05, 4.69) is 11.1 Å². The summed E-state index contributed by atoms with van der Waals surface area (Å²) in [5, 5.41) is 1.67. The second-order valence-corrected chi connectivity index (χ2v) is 13.9. The van der Waals surface area contributed by atoms with Crippen LogP contribution in [0, 0.1) is 29.6 Å². The molecule has 1 aromatic heterocycles. The maximum absolute atomic E-state index is 13.9. The van der Waals surface area contributed by atoms with E-state index in [4.69, 9.17) is 16.3 Å². The van der Waals surface area contributed by atoms with Crippen LogP contribution in [0.3, 0.4) is 0 Å². The zero-order chi connectivity index (χ0) is 27.8. The van der Waals surface area contributed by atoms with Gasteiger partial charge in [0.15, 0.2) is 0 Å². The zero-order valence-electron chi connectivity index (χ0n) is 21.7. The number of imide groups is 1. The van der Waals surface area contributed by atoms with Crippen molar-refractivity contribution >= 4 is 52.2 Å². The minimum atomic E-state index is -0.339. The van der Waals surface area contributed by atoms with E-state index < -0.39 is 0 Å². The summed E-state index contributed by atoms with van der Waals surface area (Å²) in [6.07, 6.45) is 0.846. The fourth-order valence-electron chi connectivity index (χ4n) is 7.85. The molecule has 3 heterocycles. The first kappa shape index (κ1) is 25.4. The van der Waals surface area contributed by atoms with E-state index in [9.17, 15) is 14.4 Å². The van der Waals surface area contributed by atoms with Gasteiger partial charge in [-0.1, -0.05) is 71.5 Å². The van der Waals surface area contributed by atoms with E-state index in [1.165, 1.54) is 16.2 Å². The summed E-state index contributed by atoms with van der Waals surface area (Å²) in [5.41, 5.74) is 2.63. The number of aromatic nitrogens is 1. The SMILES string of the molecule is O=C1[C@H]2[C@H]3C[C@@H]([C@@H]2C(=O)N1c1ccccc1)[C@H]1[C@H](c2ccccc2OCc2cccc(Cl)c2)c2sc(=O)[nH]c2S[C@H]31. The van der Waals surface area contributed by atoms with Crippen molar-refractivity contribution in [2.24, 2.45) is 29.6 Å². The molecule has 0 unspecified atom stereocenters. The van der Waals surface area contributed by atoms with Crippen molar-refractivity contribution in [2.75, 3.05) is 4.90 Å². The number of benzene rings is 3. The number of nitrogens with zero attached hydrogens (tertiary/aromatic N) is 1. The summed E-state index contributed by atoms with van der Waals surface area (Å²) >= 11 is 9.15. The number of fused-ring (bicyclic) bond motifs is 9. The Hall–Kier alpha value is -3.33. The minimum Gasteiger partial charge on any atom is -0.489 e. The molecule has 0 spiro atoms. The molecule has 41 heavy (non-hydrogen) atoms. The van der Waals surface area contributed by atoms with Gasteiger partial charge in [-0.15, -0.1) is 11.8 Å². The van der Waals surface area contributed by atoms with Crippen molar-refractivity contribution in [3.05, 3.63) is 110 Å². The topological polar surface area (TPSA) is 79.5 Å². The number of amides is 2. The van der Waals surface area contributed by atoms with Gasteiger partial charge in [0.1, 0.15) is 12.4 Å². The first-order chi connectivity index (χ1) is 20.0. The molecular formula is C32H25ClN2O4S2. The lowest BCUT2D eigenvalue weighted by Crippen LogP contribution is -2.42. The molecule has 206 valence electrons. The average molecular weight is 601 g/mol. The van der Waals surface area contributed by atoms with Crippen molar-refractivity contribution in [3.8, 4) is 5.75 Å². The van der Waals surface area contributed by atoms with Crippen LogP contribution >= 0.6 is 34.7 Å². The van der Waals surface area contributed by atoms with Crippen molar-refractivity contribution < 1.29 is 14.3 Å². The molecule has 3 aromatic carbocycles. The Bertz CT molecular complexity index is 1750. The van der Waals surface area contributed by atoms with Crippen molar-refractivity contribution in [3.63, 3.8) is 0 Å². The maximum atomic E-state index is 13.9. The second-order valence-electron chi connectivity index (χ2n) is 11.3. The molecule has 2 bridgehead atoms. The largest absolute Gasteiger partial charge is 0.489 e. The second kappa shape index (κ2) is 9.61. The molecule has 9 heteroatoms. The predicted octanol–water partition coefficient (Wildman–Crippen LogP) is 6.35. The molecule has 4 aliphatic rings. The molecule has 7 atom stereocenters. The monoisotopic (exact) mass is 600 g/mol. The Morgan fingerprint density at radius 2 is 1.66 bits per heavy atom. The predicted molar refractivity (Wildman–Crippen MR) is 160 cm³/mol. The van der Waals surface area contributed by atoms with Crippen LogP contribution in [-0.2, 0) is 16.2 Å². The van der Waals surface area contributed by atoms with E-state index >= 15 is 0 Å². The van der Waals surface area contributed by atoms with Crippen molar-refractivity contribution in [2.45, 2.75) is 29.2 Å². The number of ether oxygens (including phenoxy) is 1. The number of thiazole rings is 1. The molecule has 6 nitrogen and oxygen atoms in total. The Morgan fingerprint density at radius 1 is 0.902 bits per heavy atom. The van der Waals surface area contributed by atoms with Crippen LogP contribution in [0.5, 0.6) is 5.75 Å². The molecule has 2 saturated carbocycles. The molecule has 8 rings (SSSR count). The number of carbonyl (C=O) groups is 2. The third-order valence-electron chi connectivity index (χ3n) is 9.28. The fourth-order valence-corrected chi connectivity index (χ4v) is 10.9. The number of H-pyrrole nitrogens is 1. The van der Waals surface area contributed by atoms with Gasteiger partial charge in [0.05, 0.1) is 22.5 Å². The lowest BCUT2D eigenvalue weighted by molar-refractivity contribution is -0.123. The van der Waals surface area contributed by atoms with Gasteiger partial charge in [-0.2, -0.15) is 0 Å². The highest BCUT2D eigenvalue weighted by Crippen LogP contribution is 2.69. The quantitative estimate of drug-likeness (QED) is 0.270. The summed E-state index contributed by atoms with van der Waals surface area (Å²) < 4.78 is 6.40. The van der Waals surface area contributed by atoms with Gasteiger partial charge in [0, 0.05) is 26.6 Å². The number of hydrogen-bond acceptors (Lipinski definition) is 6. The number of para-hydroxylation sites is 2. The average Bonchev–Trinajstić information content (AvgIpc) is 3.71. The van der Waals surface area contributed by atoms with Crippen molar-refractivity contribution in [1.82, 2.24) is 4.98 Å². The van der Waals surface area contributed by atoms with E-state index in [-0.39, 0.29) is 57.4 Å². The van der Waals surface area contributed by atoms with Crippen molar-refractivity contribution in [1.29, 1.82) is 0 Å². The summed E-state index contributed by atoms with van der Waals surface area (Å²) in [6, 6.07) is 24.9. The zero-order valence-corrected chi connectivity index (χ0v) is 24.1. The van der Waals surface area contributed by atoms with Crippen LogP contribution in [0.15, 0.2) is 88.7 Å². The number of anilines is 1. The van der Waals surface area contributed by atoms with Crippen LogP contribution < -0.4 is 14.5 Å². The van der Waals surface area contributed by atoms with E-state index in [1.807, 2.05) is 72.8 Å². The highest BCUT2D eigenvalue weighted by molar-refractivity contribution is 8.00. The molecule has 4 aromatic rings. The van der Waals surface area contributed by atoms with E-state index in [0.29, 0.717) is 17.3 Å². The first-order valence-electron chi connectivity index (χ1n) is 13.8. The highest BCUT2D eigenvalue weighted by Gasteiger charge is 2.69. The van der Waals surface area contributed by atoms with Crippen LogP contribution in [0.2, 0.25) is 5.02 Å². The molecule has 1 N–H and O–H groups in total. The van der Waals surface area contributed by atoms with Crippen LogP contribution in [-0.4, -0.2) is 22.0 Å². The number of nitrogens with one attached hydrogen (secondary N) is 1. The summed E-state index contributed by atoms with van der Waals surface area (Å²) in [6.45, 7) is 0.360. The Kier molecular flexibility index (Phi) is 5.95. The molecule has 0 radical (unpaired) electrons. The summed E-state index contributed by atoms with van der Waals surface area (Å²) in [5.74, 6) is 0.0523. The third kappa shape index (κ3) is 3.87. The number of thioether (sulfide) groups is 1. The molecule has 1 saturated heterocycles. The smallest absolute Gasteiger partial charge is 0.305 e. The van der Waals surface area contributed by atoms with Crippen LogP contribution in [0.25, 0.3) is 0 Å². The van der Waals surface area contributed by atoms with E-state index in [1.54, 1.807) is 11.8 Å². The maximum Gasteiger partial charge on any atom is 0.305 e. The summed E-state index contributed by atoms with van der Waals surface area (Å²) in [7, 11) is 0. The fraction of sp³-hybridized carbons (Fsp3) is 0.281. The first-order valence-corrected chi connectivity index (χ1v) is 15.9. The lowest BCUT2D eigenvalue weighted by atomic mass is 9.68. The van der Waals surface area contributed by atoms with Crippen LogP contribution in [0.4, 0.5) is 5.69 Å². The Balaban J connectivity index is 1.19.